The Balaban J connectivity index is 1.97. The highest BCUT2D eigenvalue weighted by atomic mass is 32.2. The van der Waals surface area contributed by atoms with E-state index in [2.05, 4.69) is 12.2 Å². The summed E-state index contributed by atoms with van der Waals surface area (Å²) in [4.78, 5) is 0.501. The predicted octanol–water partition coefficient (Wildman–Crippen LogP) is 3.33. The zero-order valence-electron chi connectivity index (χ0n) is 13.1. The lowest BCUT2D eigenvalue weighted by atomic mass is 10.0. The van der Waals surface area contributed by atoms with Gasteiger partial charge in [-0.1, -0.05) is 31.5 Å². The summed E-state index contributed by atoms with van der Waals surface area (Å²) in [5.41, 5.74) is 0.851. The first-order valence-electron chi connectivity index (χ1n) is 8.06. The van der Waals surface area contributed by atoms with E-state index in [4.69, 9.17) is 0 Å². The first-order chi connectivity index (χ1) is 10.0. The van der Waals surface area contributed by atoms with Gasteiger partial charge in [-0.2, -0.15) is 0 Å². The van der Waals surface area contributed by atoms with E-state index in [1.165, 1.54) is 12.8 Å². The number of rotatable bonds is 7. The summed E-state index contributed by atoms with van der Waals surface area (Å²) < 4.78 is 25.0. The first-order valence-corrected chi connectivity index (χ1v) is 9.71. The molecule has 1 N–H and O–H groups in total. The molecule has 2 unspecified atom stereocenters. The molecule has 0 saturated heterocycles. The minimum absolute atomic E-state index is 0.271. The van der Waals surface area contributed by atoms with E-state index in [1.54, 1.807) is 12.1 Å². The summed E-state index contributed by atoms with van der Waals surface area (Å²) in [6.07, 6.45) is 5.47. The molecule has 1 aliphatic rings. The minimum atomic E-state index is -3.15. The molecule has 0 aliphatic heterocycles. The van der Waals surface area contributed by atoms with Gasteiger partial charge in [0.05, 0.1) is 10.6 Å². The topological polar surface area (TPSA) is 46.2 Å². The van der Waals surface area contributed by atoms with Gasteiger partial charge in [0.15, 0.2) is 9.84 Å². The van der Waals surface area contributed by atoms with Crippen LogP contribution in [0, 0.1) is 12.8 Å². The van der Waals surface area contributed by atoms with Crippen molar-refractivity contribution in [3.8, 4) is 0 Å². The SMILES string of the molecule is CCCNC1CCCC1CCS(=O)(=O)c1ccccc1C. The van der Waals surface area contributed by atoms with Crippen LogP contribution in [0.5, 0.6) is 0 Å². The van der Waals surface area contributed by atoms with E-state index in [-0.39, 0.29) is 5.75 Å². The third-order valence-corrected chi connectivity index (χ3v) is 6.40. The Morgan fingerprint density at radius 1 is 1.24 bits per heavy atom. The Morgan fingerprint density at radius 2 is 2.00 bits per heavy atom. The van der Waals surface area contributed by atoms with Crippen LogP contribution in [-0.4, -0.2) is 26.8 Å². The predicted molar refractivity (Wildman–Crippen MR) is 87.3 cm³/mol. The monoisotopic (exact) mass is 309 g/mol. The lowest BCUT2D eigenvalue weighted by Gasteiger charge is -2.21. The van der Waals surface area contributed by atoms with E-state index in [1.807, 2.05) is 19.1 Å². The van der Waals surface area contributed by atoms with Crippen LogP contribution in [0.2, 0.25) is 0 Å². The molecule has 4 heteroatoms. The number of hydrogen-bond acceptors (Lipinski definition) is 3. The van der Waals surface area contributed by atoms with Crippen LogP contribution in [0.25, 0.3) is 0 Å². The summed E-state index contributed by atoms with van der Waals surface area (Å²) in [7, 11) is -3.15. The van der Waals surface area contributed by atoms with Gasteiger partial charge in [-0.3, -0.25) is 0 Å². The molecule has 0 spiro atoms. The molecule has 1 fully saturated rings. The van der Waals surface area contributed by atoms with Crippen molar-refractivity contribution in [1.29, 1.82) is 0 Å². The maximum atomic E-state index is 12.5. The highest BCUT2D eigenvalue weighted by Crippen LogP contribution is 2.30. The third kappa shape index (κ3) is 4.30. The summed E-state index contributed by atoms with van der Waals surface area (Å²) in [5, 5.41) is 3.57. The van der Waals surface area contributed by atoms with Gasteiger partial charge in [0.2, 0.25) is 0 Å². The molecule has 21 heavy (non-hydrogen) atoms. The molecular formula is C17H27NO2S. The summed E-state index contributed by atoms with van der Waals surface area (Å²) in [6.45, 7) is 5.07. The molecule has 1 aromatic rings. The van der Waals surface area contributed by atoms with Crippen molar-refractivity contribution in [3.63, 3.8) is 0 Å². The molecule has 0 bridgehead atoms. The Morgan fingerprint density at radius 3 is 2.71 bits per heavy atom. The normalized spacial score (nSPS) is 22.6. The standard InChI is InChI=1S/C17H27NO2S/c1-3-12-18-16-9-6-8-15(16)11-13-21(19,20)17-10-5-4-7-14(17)2/h4-5,7,10,15-16,18H,3,6,8-9,11-13H2,1-2H3. The second-order valence-electron chi connectivity index (χ2n) is 6.12. The highest BCUT2D eigenvalue weighted by molar-refractivity contribution is 7.91. The maximum absolute atomic E-state index is 12.5. The molecule has 118 valence electrons. The fourth-order valence-electron chi connectivity index (χ4n) is 3.30. The molecular weight excluding hydrogens is 282 g/mol. The van der Waals surface area contributed by atoms with Crippen molar-refractivity contribution in [2.45, 2.75) is 56.9 Å². The van der Waals surface area contributed by atoms with Gasteiger partial charge < -0.3 is 5.32 Å². The van der Waals surface area contributed by atoms with E-state index in [0.717, 1.165) is 31.4 Å². The van der Waals surface area contributed by atoms with Gasteiger partial charge in [-0.15, -0.1) is 0 Å². The van der Waals surface area contributed by atoms with Crippen molar-refractivity contribution in [3.05, 3.63) is 29.8 Å². The molecule has 0 amide bonds. The van der Waals surface area contributed by atoms with E-state index < -0.39 is 9.84 Å². The fourth-order valence-corrected chi connectivity index (χ4v) is 4.98. The van der Waals surface area contributed by atoms with E-state index in [0.29, 0.717) is 16.9 Å². The van der Waals surface area contributed by atoms with Gasteiger partial charge in [-0.25, -0.2) is 8.42 Å². The van der Waals surface area contributed by atoms with Gasteiger partial charge in [-0.05, 0) is 56.7 Å². The van der Waals surface area contributed by atoms with Crippen molar-refractivity contribution in [2.75, 3.05) is 12.3 Å². The van der Waals surface area contributed by atoms with Crippen LogP contribution >= 0.6 is 0 Å². The zero-order valence-corrected chi connectivity index (χ0v) is 14.0. The van der Waals surface area contributed by atoms with Crippen LogP contribution in [0.15, 0.2) is 29.2 Å². The Bertz CT molecular complexity index is 554. The average Bonchev–Trinajstić information content (AvgIpc) is 2.91. The third-order valence-electron chi connectivity index (χ3n) is 4.50. The number of aryl methyl sites for hydroxylation is 1. The summed E-state index contributed by atoms with van der Waals surface area (Å²) in [6, 6.07) is 7.80. The Hall–Kier alpha value is -0.870. The smallest absolute Gasteiger partial charge is 0.178 e. The Labute approximate surface area is 129 Å². The maximum Gasteiger partial charge on any atom is 0.178 e. The van der Waals surface area contributed by atoms with Crippen LogP contribution in [0.4, 0.5) is 0 Å². The molecule has 2 atom stereocenters. The molecule has 1 saturated carbocycles. The number of benzene rings is 1. The lowest BCUT2D eigenvalue weighted by molar-refractivity contribution is 0.391. The number of sulfone groups is 1. The molecule has 3 nitrogen and oxygen atoms in total. The second kappa shape index (κ2) is 7.41. The molecule has 0 heterocycles. The molecule has 1 aromatic carbocycles. The van der Waals surface area contributed by atoms with Crippen molar-refractivity contribution >= 4 is 9.84 Å². The molecule has 1 aliphatic carbocycles. The summed E-state index contributed by atoms with van der Waals surface area (Å²) >= 11 is 0. The second-order valence-corrected chi connectivity index (χ2v) is 8.20. The highest BCUT2D eigenvalue weighted by Gasteiger charge is 2.28. The average molecular weight is 309 g/mol. The number of hydrogen-bond donors (Lipinski definition) is 1. The molecule has 0 radical (unpaired) electrons. The van der Waals surface area contributed by atoms with Crippen LogP contribution in [-0.2, 0) is 9.84 Å². The zero-order chi connectivity index (χ0) is 15.3. The van der Waals surface area contributed by atoms with Crippen molar-refractivity contribution < 1.29 is 8.42 Å². The molecule has 0 aromatic heterocycles. The molecule has 2 rings (SSSR count). The number of nitrogens with one attached hydrogen (secondary N) is 1. The van der Waals surface area contributed by atoms with E-state index >= 15 is 0 Å². The summed E-state index contributed by atoms with van der Waals surface area (Å²) in [5.74, 6) is 0.780. The van der Waals surface area contributed by atoms with Gasteiger partial charge in [0, 0.05) is 6.04 Å². The fraction of sp³-hybridized carbons (Fsp3) is 0.647. The van der Waals surface area contributed by atoms with Crippen LogP contribution in [0.1, 0.15) is 44.6 Å². The van der Waals surface area contributed by atoms with E-state index in [9.17, 15) is 8.42 Å². The minimum Gasteiger partial charge on any atom is -0.314 e. The first kappa shape index (κ1) is 16.5. The lowest BCUT2D eigenvalue weighted by Crippen LogP contribution is -2.33. The van der Waals surface area contributed by atoms with Gasteiger partial charge >= 0.3 is 0 Å². The quantitative estimate of drug-likeness (QED) is 0.840. The van der Waals surface area contributed by atoms with Crippen molar-refractivity contribution in [2.24, 2.45) is 5.92 Å². The van der Waals surface area contributed by atoms with Crippen molar-refractivity contribution in [1.82, 2.24) is 5.32 Å². The van der Waals surface area contributed by atoms with Gasteiger partial charge in [0.1, 0.15) is 0 Å². The van der Waals surface area contributed by atoms with Gasteiger partial charge in [0.25, 0.3) is 0 Å². The van der Waals surface area contributed by atoms with Crippen LogP contribution < -0.4 is 5.32 Å². The largest absolute Gasteiger partial charge is 0.314 e. The Kier molecular flexibility index (Phi) is 5.82. The van der Waals surface area contributed by atoms with Crippen LogP contribution in [0.3, 0.4) is 0 Å².